The number of hydrogen-bond acceptors (Lipinski definition) is 5. The summed E-state index contributed by atoms with van der Waals surface area (Å²) in [6.45, 7) is 16.0. The lowest BCUT2D eigenvalue weighted by Gasteiger charge is -2.32. The second kappa shape index (κ2) is 9.51. The van der Waals surface area contributed by atoms with Crippen LogP contribution < -0.4 is 5.46 Å². The highest BCUT2D eigenvalue weighted by Gasteiger charge is 2.51. The van der Waals surface area contributed by atoms with E-state index in [-0.39, 0.29) is 36.2 Å². The minimum Gasteiger partial charge on any atom is -0.399 e. The number of methoxy groups -OCH3 is 1. The minimum absolute atomic E-state index is 0.0117. The van der Waals surface area contributed by atoms with Gasteiger partial charge in [0, 0.05) is 37.6 Å². The van der Waals surface area contributed by atoms with Gasteiger partial charge in [-0.25, -0.2) is 0 Å². The van der Waals surface area contributed by atoms with Gasteiger partial charge < -0.3 is 18.9 Å². The standard InChI is InChI=1S/C30H41BN2O4/c1-18(2)19(3)28(34)33-16-20(17-35-8)13-27(33)26-15-24-23-11-10-22(14-21(23)9-12-25(24)32-26)31-36-29(4,5)30(6,7)37-31/h9-12,14,18-20,27H,13,15-17H2,1-8H3/t19-,20-,27-/m0/s1. The van der Waals surface area contributed by atoms with Gasteiger partial charge >= 0.3 is 7.12 Å². The number of aliphatic imine (C=N–C) groups is 1. The Labute approximate surface area is 221 Å². The summed E-state index contributed by atoms with van der Waals surface area (Å²) in [5.74, 6) is 0.861. The van der Waals surface area contributed by atoms with E-state index in [0.717, 1.165) is 41.6 Å². The number of likely N-dealkylation sites (tertiary alicyclic amines) is 1. The first-order valence-corrected chi connectivity index (χ1v) is 13.7. The Morgan fingerprint density at radius 2 is 1.84 bits per heavy atom. The number of carbonyl (C=O) groups excluding carboxylic acids is 1. The van der Waals surface area contributed by atoms with Gasteiger partial charge in [0.15, 0.2) is 0 Å². The molecule has 3 aliphatic heterocycles. The van der Waals surface area contributed by atoms with Gasteiger partial charge in [-0.15, -0.1) is 0 Å². The van der Waals surface area contributed by atoms with Crippen LogP contribution in [0.15, 0.2) is 35.3 Å². The van der Waals surface area contributed by atoms with Gasteiger partial charge in [0.1, 0.15) is 0 Å². The Kier molecular flexibility index (Phi) is 6.79. The number of rotatable bonds is 6. The van der Waals surface area contributed by atoms with E-state index in [0.29, 0.717) is 18.4 Å². The summed E-state index contributed by atoms with van der Waals surface area (Å²) < 4.78 is 18.0. The van der Waals surface area contributed by atoms with Gasteiger partial charge in [-0.05, 0) is 67.9 Å². The third-order valence-electron chi connectivity index (χ3n) is 9.13. The average molecular weight is 504 g/mol. The highest BCUT2D eigenvalue weighted by Crippen LogP contribution is 2.39. The van der Waals surface area contributed by atoms with Gasteiger partial charge in [-0.3, -0.25) is 9.79 Å². The molecule has 0 aromatic heterocycles. The second-order valence-electron chi connectivity index (χ2n) is 12.5. The SMILES string of the molecule is COC[C@H]1C[C@@H](C2=Nc3ccc4cc(B5OC(C)(C)C(C)(C)O5)ccc4c3C2)N(C(=O)[C@@H](C)C(C)C)C1. The maximum absolute atomic E-state index is 13.5. The van der Waals surface area contributed by atoms with Gasteiger partial charge in [0.05, 0.1) is 29.5 Å². The molecule has 0 radical (unpaired) electrons. The van der Waals surface area contributed by atoms with E-state index in [9.17, 15) is 4.79 Å². The molecule has 37 heavy (non-hydrogen) atoms. The molecule has 0 spiro atoms. The van der Waals surface area contributed by atoms with Gasteiger partial charge in [0.25, 0.3) is 0 Å². The zero-order chi connectivity index (χ0) is 26.7. The van der Waals surface area contributed by atoms with E-state index < -0.39 is 0 Å². The van der Waals surface area contributed by atoms with E-state index in [4.69, 9.17) is 19.0 Å². The Hall–Kier alpha value is -2.22. The molecule has 3 aliphatic rings. The third-order valence-corrected chi connectivity index (χ3v) is 9.13. The van der Waals surface area contributed by atoms with Crippen LogP contribution in [-0.2, 0) is 25.3 Å². The lowest BCUT2D eigenvalue weighted by molar-refractivity contribution is -0.136. The highest BCUT2D eigenvalue weighted by atomic mass is 16.7. The first kappa shape index (κ1) is 26.4. The maximum Gasteiger partial charge on any atom is 0.494 e. The normalized spacial score (nSPS) is 25.2. The average Bonchev–Trinajstić information content (AvgIpc) is 3.51. The summed E-state index contributed by atoms with van der Waals surface area (Å²) in [7, 11) is 1.36. The molecule has 0 bridgehead atoms. The fraction of sp³-hybridized carbons (Fsp3) is 0.600. The van der Waals surface area contributed by atoms with Crippen LogP contribution in [0.25, 0.3) is 10.8 Å². The molecule has 5 rings (SSSR count). The van der Waals surface area contributed by atoms with Crippen molar-refractivity contribution in [3.05, 3.63) is 35.9 Å². The van der Waals surface area contributed by atoms with Crippen LogP contribution in [-0.4, -0.2) is 61.1 Å². The minimum atomic E-state index is -0.381. The Balaban J connectivity index is 1.41. The Morgan fingerprint density at radius 3 is 2.49 bits per heavy atom. The molecule has 0 N–H and O–H groups in total. The van der Waals surface area contributed by atoms with E-state index >= 15 is 0 Å². The molecule has 1 amide bonds. The molecule has 0 unspecified atom stereocenters. The summed E-state index contributed by atoms with van der Waals surface area (Å²) in [6.07, 6.45) is 1.67. The number of fused-ring (bicyclic) bond motifs is 3. The molecule has 0 saturated carbocycles. The van der Waals surface area contributed by atoms with E-state index in [1.54, 1.807) is 7.11 Å². The van der Waals surface area contributed by atoms with Crippen molar-refractivity contribution in [3.63, 3.8) is 0 Å². The molecular weight excluding hydrogens is 463 g/mol. The maximum atomic E-state index is 13.5. The molecular formula is C30H41BN2O4. The summed E-state index contributed by atoms with van der Waals surface area (Å²) in [5.41, 5.74) is 3.65. The molecule has 3 atom stereocenters. The molecule has 7 heteroatoms. The quantitative estimate of drug-likeness (QED) is 0.524. The Morgan fingerprint density at radius 1 is 1.14 bits per heavy atom. The Bertz CT molecular complexity index is 1220. The number of ether oxygens (including phenoxy) is 1. The van der Waals surface area contributed by atoms with Crippen LogP contribution in [0, 0.1) is 17.8 Å². The topological polar surface area (TPSA) is 60.4 Å². The first-order chi connectivity index (χ1) is 17.4. The van der Waals surface area contributed by atoms with Crippen molar-refractivity contribution in [3.8, 4) is 0 Å². The fourth-order valence-corrected chi connectivity index (χ4v) is 5.77. The summed E-state index contributed by atoms with van der Waals surface area (Å²) in [4.78, 5) is 20.6. The van der Waals surface area contributed by atoms with Crippen molar-refractivity contribution in [2.24, 2.45) is 22.7 Å². The van der Waals surface area contributed by atoms with Crippen LogP contribution in [0.4, 0.5) is 5.69 Å². The molecule has 2 aromatic carbocycles. The number of hydrogen-bond donors (Lipinski definition) is 0. The van der Waals surface area contributed by atoms with Crippen LogP contribution in [0.5, 0.6) is 0 Å². The van der Waals surface area contributed by atoms with Gasteiger partial charge in [-0.2, -0.15) is 0 Å². The summed E-state index contributed by atoms with van der Waals surface area (Å²) >= 11 is 0. The number of amides is 1. The third kappa shape index (κ3) is 4.64. The van der Waals surface area contributed by atoms with E-state index in [1.165, 1.54) is 10.9 Å². The predicted molar refractivity (Wildman–Crippen MR) is 150 cm³/mol. The molecule has 198 valence electrons. The van der Waals surface area contributed by atoms with Crippen molar-refractivity contribution in [2.75, 3.05) is 20.3 Å². The van der Waals surface area contributed by atoms with Crippen LogP contribution in [0.2, 0.25) is 0 Å². The molecule has 0 aliphatic carbocycles. The number of nitrogens with zero attached hydrogens (tertiary/aromatic N) is 2. The highest BCUT2D eigenvalue weighted by molar-refractivity contribution is 6.62. The van der Waals surface area contributed by atoms with Crippen molar-refractivity contribution in [1.29, 1.82) is 0 Å². The molecule has 3 heterocycles. The van der Waals surface area contributed by atoms with Crippen LogP contribution >= 0.6 is 0 Å². The van der Waals surface area contributed by atoms with Crippen LogP contribution in [0.3, 0.4) is 0 Å². The van der Waals surface area contributed by atoms with Crippen molar-refractivity contribution < 1.29 is 18.8 Å². The molecule has 2 aromatic rings. The van der Waals surface area contributed by atoms with Gasteiger partial charge in [-0.1, -0.05) is 45.0 Å². The molecule has 2 saturated heterocycles. The van der Waals surface area contributed by atoms with Crippen LogP contribution in [0.1, 0.15) is 60.5 Å². The second-order valence-corrected chi connectivity index (χ2v) is 12.5. The number of carbonyl (C=O) groups is 1. The van der Waals surface area contributed by atoms with Crippen molar-refractivity contribution in [1.82, 2.24) is 4.90 Å². The zero-order valence-electron chi connectivity index (χ0n) is 23.6. The smallest absolute Gasteiger partial charge is 0.399 e. The lowest BCUT2D eigenvalue weighted by Crippen LogP contribution is -2.44. The van der Waals surface area contributed by atoms with Crippen molar-refractivity contribution in [2.45, 2.75) is 78.6 Å². The number of benzene rings is 2. The summed E-state index contributed by atoms with van der Waals surface area (Å²) in [6, 6.07) is 10.8. The van der Waals surface area contributed by atoms with E-state index in [2.05, 4.69) is 76.8 Å². The largest absolute Gasteiger partial charge is 0.494 e. The van der Waals surface area contributed by atoms with Crippen molar-refractivity contribution >= 4 is 40.7 Å². The first-order valence-electron chi connectivity index (χ1n) is 13.7. The zero-order valence-corrected chi connectivity index (χ0v) is 23.6. The molecule has 2 fully saturated rings. The lowest BCUT2D eigenvalue weighted by atomic mass is 9.78. The van der Waals surface area contributed by atoms with Gasteiger partial charge in [0.2, 0.25) is 5.91 Å². The summed E-state index contributed by atoms with van der Waals surface area (Å²) in [5, 5.41) is 2.36. The molecule has 6 nitrogen and oxygen atoms in total. The van der Waals surface area contributed by atoms with E-state index in [1.807, 2.05) is 6.92 Å². The fourth-order valence-electron chi connectivity index (χ4n) is 5.77. The predicted octanol–water partition coefficient (Wildman–Crippen LogP) is 4.92. The monoisotopic (exact) mass is 504 g/mol.